The van der Waals surface area contributed by atoms with Gasteiger partial charge >= 0.3 is 0 Å². The number of fused-ring (bicyclic) bond motifs is 1. The molecule has 26 heavy (non-hydrogen) atoms. The van der Waals surface area contributed by atoms with Crippen molar-refractivity contribution in [3.8, 4) is 5.75 Å². The van der Waals surface area contributed by atoms with Gasteiger partial charge in [-0.05, 0) is 24.6 Å². The quantitative estimate of drug-likeness (QED) is 0.738. The van der Waals surface area contributed by atoms with Crippen LogP contribution in [0.25, 0.3) is 0 Å². The van der Waals surface area contributed by atoms with Crippen molar-refractivity contribution >= 4 is 29.5 Å². The second-order valence-electron chi connectivity index (χ2n) is 5.82. The molecule has 0 radical (unpaired) electrons. The number of benzene rings is 1. The number of rotatable bonds is 7. The van der Waals surface area contributed by atoms with Crippen LogP contribution in [0.4, 0.5) is 0 Å². The molecule has 0 saturated heterocycles. The van der Waals surface area contributed by atoms with Crippen LogP contribution in [0.2, 0.25) is 5.02 Å². The van der Waals surface area contributed by atoms with Crippen molar-refractivity contribution in [1.82, 2.24) is 20.3 Å². The van der Waals surface area contributed by atoms with E-state index in [2.05, 4.69) is 20.6 Å². The molecule has 1 aliphatic heterocycles. The zero-order chi connectivity index (χ0) is 18.5. The largest absolute Gasteiger partial charge is 0.493 e. The molecule has 0 saturated carbocycles. The van der Waals surface area contributed by atoms with Crippen molar-refractivity contribution < 1.29 is 14.3 Å². The van der Waals surface area contributed by atoms with Crippen molar-refractivity contribution in [3.05, 3.63) is 40.7 Å². The summed E-state index contributed by atoms with van der Waals surface area (Å²) in [7, 11) is 1.64. The number of ketones is 1. The lowest BCUT2D eigenvalue weighted by Gasteiger charge is -2.15. The summed E-state index contributed by atoms with van der Waals surface area (Å²) in [6.07, 6.45) is 2.12. The van der Waals surface area contributed by atoms with Crippen LogP contribution in [0.15, 0.2) is 29.3 Å². The maximum atomic E-state index is 12.4. The lowest BCUT2D eigenvalue weighted by molar-refractivity contribution is -0.121. The zero-order valence-electron chi connectivity index (χ0n) is 14.2. The summed E-state index contributed by atoms with van der Waals surface area (Å²) in [6, 6.07) is 6.40. The molecule has 3 rings (SSSR count). The molecule has 0 aliphatic carbocycles. The van der Waals surface area contributed by atoms with Gasteiger partial charge in [-0.1, -0.05) is 22.9 Å². The summed E-state index contributed by atoms with van der Waals surface area (Å²) in [5, 5.41) is 11.0. The van der Waals surface area contributed by atoms with Gasteiger partial charge in [0, 0.05) is 18.6 Å². The van der Waals surface area contributed by atoms with Gasteiger partial charge in [0.2, 0.25) is 11.7 Å². The van der Waals surface area contributed by atoms with Gasteiger partial charge in [-0.3, -0.25) is 14.6 Å². The van der Waals surface area contributed by atoms with Crippen LogP contribution < -0.4 is 10.1 Å². The van der Waals surface area contributed by atoms with E-state index in [1.807, 2.05) is 12.1 Å². The zero-order valence-corrected chi connectivity index (χ0v) is 14.9. The van der Waals surface area contributed by atoms with Gasteiger partial charge < -0.3 is 10.1 Å². The Labute approximate surface area is 155 Å². The number of amides is 1. The third-order valence-corrected chi connectivity index (χ3v) is 4.09. The Bertz CT molecular complexity index is 849. The van der Waals surface area contributed by atoms with Crippen molar-refractivity contribution in [2.75, 3.05) is 13.2 Å². The third-order valence-electron chi connectivity index (χ3n) is 3.85. The molecule has 9 heteroatoms. The molecule has 1 unspecified atom stereocenters. The fourth-order valence-electron chi connectivity index (χ4n) is 2.57. The molecular formula is C17H18ClN5O3. The molecule has 1 N–H and O–H groups in total. The van der Waals surface area contributed by atoms with Crippen LogP contribution in [-0.4, -0.2) is 52.1 Å². The first-order chi connectivity index (χ1) is 12.5. The Morgan fingerprint density at radius 2 is 2.27 bits per heavy atom. The van der Waals surface area contributed by atoms with Gasteiger partial charge in [0.25, 0.3) is 0 Å². The third kappa shape index (κ3) is 4.26. The van der Waals surface area contributed by atoms with E-state index in [0.717, 1.165) is 0 Å². The van der Waals surface area contributed by atoms with E-state index < -0.39 is 6.04 Å². The molecule has 1 atom stereocenters. The molecule has 1 aromatic carbocycles. The van der Waals surface area contributed by atoms with Crippen LogP contribution in [0.5, 0.6) is 5.75 Å². The second kappa shape index (κ2) is 8.09. The Balaban J connectivity index is 1.39. The molecule has 8 nitrogen and oxygen atoms in total. The van der Waals surface area contributed by atoms with Gasteiger partial charge in [0.1, 0.15) is 23.2 Å². The fourth-order valence-corrected chi connectivity index (χ4v) is 2.75. The van der Waals surface area contributed by atoms with Crippen LogP contribution in [0.1, 0.15) is 29.0 Å². The van der Waals surface area contributed by atoms with E-state index in [-0.39, 0.29) is 18.1 Å². The molecule has 2 heterocycles. The highest BCUT2D eigenvalue weighted by atomic mass is 35.5. The normalized spacial score (nSPS) is 15.6. The maximum Gasteiger partial charge on any atom is 0.222 e. The molecule has 1 aliphatic rings. The SMILES string of the molecule is Cn1nnc2c1C(=O)C(CC(=O)NCCCOc1cccc(Cl)c1)N=C2. The number of nitrogens with zero attached hydrogens (tertiary/aromatic N) is 4. The minimum atomic E-state index is -0.734. The second-order valence-corrected chi connectivity index (χ2v) is 6.26. The molecular weight excluding hydrogens is 358 g/mol. The predicted octanol–water partition coefficient (Wildman–Crippen LogP) is 1.43. The number of aliphatic imine (C=N–C) groups is 1. The van der Waals surface area contributed by atoms with Crippen molar-refractivity contribution in [1.29, 1.82) is 0 Å². The van der Waals surface area contributed by atoms with Crippen LogP contribution >= 0.6 is 11.6 Å². The van der Waals surface area contributed by atoms with Crippen molar-refractivity contribution in [2.24, 2.45) is 12.0 Å². The standard InChI is InChI=1S/C17H18ClN5O3/c1-23-16-14(21-22-23)10-20-13(17(16)25)9-15(24)19-6-3-7-26-12-5-2-4-11(18)8-12/h2,4-5,8,10,13H,3,6-7,9H2,1H3,(H,19,24). The smallest absolute Gasteiger partial charge is 0.222 e. The number of ether oxygens (including phenoxy) is 1. The highest BCUT2D eigenvalue weighted by Gasteiger charge is 2.30. The molecule has 0 fully saturated rings. The molecule has 0 spiro atoms. The summed E-state index contributed by atoms with van der Waals surface area (Å²) in [4.78, 5) is 28.5. The van der Waals surface area contributed by atoms with E-state index >= 15 is 0 Å². The van der Waals surface area contributed by atoms with Gasteiger partial charge in [0.05, 0.1) is 19.2 Å². The van der Waals surface area contributed by atoms with Crippen molar-refractivity contribution in [2.45, 2.75) is 18.9 Å². The minimum Gasteiger partial charge on any atom is -0.493 e. The molecule has 136 valence electrons. The molecule has 1 amide bonds. The van der Waals surface area contributed by atoms with Gasteiger partial charge in [-0.2, -0.15) is 0 Å². The summed E-state index contributed by atoms with van der Waals surface area (Å²) < 4.78 is 6.95. The maximum absolute atomic E-state index is 12.4. The summed E-state index contributed by atoms with van der Waals surface area (Å²) in [6.45, 7) is 0.897. The Morgan fingerprint density at radius 3 is 3.08 bits per heavy atom. The number of Topliss-reactive ketones (excluding diaryl/α,β-unsaturated/α-hetero) is 1. The number of carbonyl (C=O) groups excluding carboxylic acids is 2. The molecule has 0 bridgehead atoms. The summed E-state index contributed by atoms with van der Waals surface area (Å²) in [5.41, 5.74) is 0.819. The number of halogens is 1. The average molecular weight is 376 g/mol. The minimum absolute atomic E-state index is 0.00486. The lowest BCUT2D eigenvalue weighted by Crippen LogP contribution is -2.34. The van der Waals surface area contributed by atoms with E-state index in [1.54, 1.807) is 19.2 Å². The van der Waals surface area contributed by atoms with Gasteiger partial charge in [-0.25, -0.2) is 4.68 Å². The highest BCUT2D eigenvalue weighted by molar-refractivity contribution is 6.30. The summed E-state index contributed by atoms with van der Waals surface area (Å²) >= 11 is 5.88. The number of aryl methyl sites for hydroxylation is 1. The first-order valence-electron chi connectivity index (χ1n) is 8.16. The predicted molar refractivity (Wildman–Crippen MR) is 95.9 cm³/mol. The Kier molecular flexibility index (Phi) is 5.62. The van der Waals surface area contributed by atoms with Gasteiger partial charge in [-0.15, -0.1) is 5.10 Å². The van der Waals surface area contributed by atoms with Crippen molar-refractivity contribution in [3.63, 3.8) is 0 Å². The number of hydrogen-bond donors (Lipinski definition) is 1. The number of carbonyl (C=O) groups is 2. The average Bonchev–Trinajstić information content (AvgIpc) is 2.99. The number of nitrogens with one attached hydrogen (secondary N) is 1. The van der Waals surface area contributed by atoms with E-state index in [0.29, 0.717) is 41.7 Å². The summed E-state index contributed by atoms with van der Waals surface area (Å²) in [5.74, 6) is 0.211. The monoisotopic (exact) mass is 375 g/mol. The molecule has 2 aromatic rings. The van der Waals surface area contributed by atoms with E-state index in [4.69, 9.17) is 16.3 Å². The Morgan fingerprint density at radius 1 is 1.42 bits per heavy atom. The highest BCUT2D eigenvalue weighted by Crippen LogP contribution is 2.17. The van der Waals surface area contributed by atoms with E-state index in [1.165, 1.54) is 10.9 Å². The van der Waals surface area contributed by atoms with Crippen LogP contribution in [0, 0.1) is 0 Å². The number of aromatic nitrogens is 3. The van der Waals surface area contributed by atoms with E-state index in [9.17, 15) is 9.59 Å². The van der Waals surface area contributed by atoms with Gasteiger partial charge in [0.15, 0.2) is 0 Å². The molecule has 1 aromatic heterocycles. The first kappa shape index (κ1) is 18.1. The Hall–Kier alpha value is -2.74. The number of hydrogen-bond acceptors (Lipinski definition) is 6. The van der Waals surface area contributed by atoms with Crippen LogP contribution in [0.3, 0.4) is 0 Å². The first-order valence-corrected chi connectivity index (χ1v) is 8.54. The lowest BCUT2D eigenvalue weighted by atomic mass is 10.0. The fraction of sp³-hybridized carbons (Fsp3) is 0.353. The van der Waals surface area contributed by atoms with Crippen LogP contribution in [-0.2, 0) is 11.8 Å². The topological polar surface area (TPSA) is 98.5 Å².